The van der Waals surface area contributed by atoms with E-state index in [0.29, 0.717) is 33.0 Å². The number of methoxy groups -OCH3 is 1. The number of carboxylic acid groups (broad SMARTS) is 1. The Kier molecular flexibility index (Phi) is 9.48. The van der Waals surface area contributed by atoms with Crippen molar-refractivity contribution in [3.05, 3.63) is 86.8 Å². The molecule has 1 atom stereocenters. The summed E-state index contributed by atoms with van der Waals surface area (Å²) in [5.74, 6) is -1.22. The molecule has 3 rings (SSSR count). The predicted octanol–water partition coefficient (Wildman–Crippen LogP) is 5.64. The van der Waals surface area contributed by atoms with Crippen molar-refractivity contribution in [1.29, 1.82) is 0 Å². The quantitative estimate of drug-likeness (QED) is 0.306. The van der Waals surface area contributed by atoms with Crippen LogP contribution in [0.2, 0.25) is 5.02 Å². The van der Waals surface area contributed by atoms with Gasteiger partial charge in [0.05, 0.1) is 30.5 Å². The van der Waals surface area contributed by atoms with Gasteiger partial charge in [0.2, 0.25) is 0 Å². The van der Waals surface area contributed by atoms with Gasteiger partial charge in [0, 0.05) is 35.2 Å². The number of carboxylic acids is 1. The fraction of sp³-hybridized carbons (Fsp3) is 0.333. The summed E-state index contributed by atoms with van der Waals surface area (Å²) in [5, 5.41) is 9.54. The molecular formula is C30H32ClNO7. The topological polar surface area (TPSA) is 112 Å². The summed E-state index contributed by atoms with van der Waals surface area (Å²) in [5.41, 5.74) is 1.04. The van der Waals surface area contributed by atoms with E-state index in [9.17, 15) is 19.2 Å². The van der Waals surface area contributed by atoms with Gasteiger partial charge in [-0.2, -0.15) is 0 Å². The molecule has 39 heavy (non-hydrogen) atoms. The third-order valence-electron chi connectivity index (χ3n) is 6.13. The first kappa shape index (κ1) is 29.8. The highest BCUT2D eigenvalue weighted by molar-refractivity contribution is 6.31. The summed E-state index contributed by atoms with van der Waals surface area (Å²) in [6.45, 7) is 7.34. The van der Waals surface area contributed by atoms with E-state index in [0.717, 1.165) is 0 Å². The summed E-state index contributed by atoms with van der Waals surface area (Å²) in [4.78, 5) is 50.5. The number of halogens is 1. The summed E-state index contributed by atoms with van der Waals surface area (Å²) >= 11 is 6.20. The monoisotopic (exact) mass is 553 g/mol. The highest BCUT2D eigenvalue weighted by Gasteiger charge is 2.25. The number of hydrogen-bond acceptors (Lipinski definition) is 6. The fourth-order valence-electron chi connectivity index (χ4n) is 4.21. The van der Waals surface area contributed by atoms with Crippen LogP contribution in [0.5, 0.6) is 5.75 Å². The maximum atomic E-state index is 13.5. The Morgan fingerprint density at radius 1 is 1.03 bits per heavy atom. The van der Waals surface area contributed by atoms with E-state index in [1.54, 1.807) is 30.3 Å². The van der Waals surface area contributed by atoms with E-state index >= 15 is 0 Å². The predicted molar refractivity (Wildman–Crippen MR) is 149 cm³/mol. The minimum Gasteiger partial charge on any atom is -0.495 e. The number of rotatable bonds is 11. The van der Waals surface area contributed by atoms with Gasteiger partial charge >= 0.3 is 5.97 Å². The molecule has 0 radical (unpaired) electrons. The standard InChI is InChI=1S/C30H32ClNO7/c1-18(33)22-11-10-21(31)15-23(22)24-16-28(35)32(17-27(24)38-5)25(12-13-39-30(2,3)4)26(34)14-19-6-8-20(9-7-19)29(36)37/h6-11,15-17,25H,12-14H2,1-5H3,(H,36,37)/t25-/m1/s1. The number of benzene rings is 2. The molecule has 3 aromatic rings. The second-order valence-electron chi connectivity index (χ2n) is 10.2. The Morgan fingerprint density at radius 3 is 2.26 bits per heavy atom. The Balaban J connectivity index is 2.05. The van der Waals surface area contributed by atoms with Gasteiger partial charge in [-0.1, -0.05) is 23.7 Å². The van der Waals surface area contributed by atoms with Crippen LogP contribution in [0.15, 0.2) is 59.5 Å². The lowest BCUT2D eigenvalue weighted by Gasteiger charge is -2.24. The van der Waals surface area contributed by atoms with Crippen molar-refractivity contribution in [3.63, 3.8) is 0 Å². The SMILES string of the molecule is COc1cn([C@H](CCOC(C)(C)C)C(=O)Cc2ccc(C(=O)O)cc2)c(=O)cc1-c1cc(Cl)ccc1C(C)=O. The van der Waals surface area contributed by atoms with Crippen molar-refractivity contribution in [3.8, 4) is 16.9 Å². The highest BCUT2D eigenvalue weighted by Crippen LogP contribution is 2.34. The molecule has 0 bridgehead atoms. The molecule has 0 aliphatic heterocycles. The molecule has 0 fully saturated rings. The summed E-state index contributed by atoms with van der Waals surface area (Å²) in [6, 6.07) is 11.3. The summed E-state index contributed by atoms with van der Waals surface area (Å²) < 4.78 is 12.8. The Morgan fingerprint density at radius 2 is 1.69 bits per heavy atom. The molecule has 0 saturated carbocycles. The summed E-state index contributed by atoms with van der Waals surface area (Å²) in [6.07, 6.45) is 1.68. The number of hydrogen-bond donors (Lipinski definition) is 1. The van der Waals surface area contributed by atoms with Crippen molar-refractivity contribution in [2.24, 2.45) is 0 Å². The minimum atomic E-state index is -1.06. The highest BCUT2D eigenvalue weighted by atomic mass is 35.5. The molecule has 0 aliphatic rings. The van der Waals surface area contributed by atoms with E-state index < -0.39 is 23.2 Å². The van der Waals surface area contributed by atoms with Crippen molar-refractivity contribution in [1.82, 2.24) is 4.57 Å². The van der Waals surface area contributed by atoms with Crippen LogP contribution in [0, 0.1) is 0 Å². The molecule has 1 heterocycles. The molecule has 0 spiro atoms. The van der Waals surface area contributed by atoms with Crippen molar-refractivity contribution >= 4 is 29.1 Å². The fourth-order valence-corrected chi connectivity index (χ4v) is 4.38. The first-order chi connectivity index (χ1) is 18.3. The number of aromatic carboxylic acids is 1. The van der Waals surface area contributed by atoms with Crippen LogP contribution in [0.4, 0.5) is 0 Å². The average Bonchev–Trinajstić information content (AvgIpc) is 2.86. The van der Waals surface area contributed by atoms with Gasteiger partial charge in [0.1, 0.15) is 5.75 Å². The molecule has 8 nitrogen and oxygen atoms in total. The second-order valence-corrected chi connectivity index (χ2v) is 10.6. The first-order valence-electron chi connectivity index (χ1n) is 12.4. The van der Waals surface area contributed by atoms with Crippen LogP contribution in [0.1, 0.15) is 66.4 Å². The van der Waals surface area contributed by atoms with Crippen molar-refractivity contribution in [2.75, 3.05) is 13.7 Å². The van der Waals surface area contributed by atoms with Crippen LogP contribution in [0.25, 0.3) is 11.1 Å². The molecule has 0 amide bonds. The maximum absolute atomic E-state index is 13.5. The van der Waals surface area contributed by atoms with Crippen LogP contribution in [0.3, 0.4) is 0 Å². The molecule has 0 aliphatic carbocycles. The lowest BCUT2D eigenvalue weighted by Crippen LogP contribution is -2.32. The number of carbonyl (C=O) groups excluding carboxylic acids is 2. The van der Waals surface area contributed by atoms with E-state index in [-0.39, 0.29) is 36.6 Å². The molecule has 206 valence electrons. The molecule has 1 N–H and O–H groups in total. The zero-order valence-corrected chi connectivity index (χ0v) is 23.4. The van der Waals surface area contributed by atoms with Gasteiger partial charge in [0.25, 0.3) is 5.56 Å². The van der Waals surface area contributed by atoms with Crippen LogP contribution in [-0.2, 0) is 16.0 Å². The Hall–Kier alpha value is -3.75. The number of aromatic nitrogens is 1. The number of nitrogens with zero attached hydrogens (tertiary/aromatic N) is 1. The number of pyridine rings is 1. The zero-order valence-electron chi connectivity index (χ0n) is 22.6. The van der Waals surface area contributed by atoms with E-state index in [4.69, 9.17) is 26.2 Å². The van der Waals surface area contributed by atoms with E-state index in [1.807, 2.05) is 20.8 Å². The van der Waals surface area contributed by atoms with Crippen LogP contribution < -0.4 is 10.3 Å². The van der Waals surface area contributed by atoms with Crippen LogP contribution >= 0.6 is 11.6 Å². The summed E-state index contributed by atoms with van der Waals surface area (Å²) in [7, 11) is 1.44. The lowest BCUT2D eigenvalue weighted by atomic mass is 9.96. The third-order valence-corrected chi connectivity index (χ3v) is 6.36. The van der Waals surface area contributed by atoms with Gasteiger partial charge in [-0.05, 0) is 75.6 Å². The smallest absolute Gasteiger partial charge is 0.335 e. The maximum Gasteiger partial charge on any atom is 0.335 e. The zero-order chi connectivity index (χ0) is 28.9. The number of carbonyl (C=O) groups is 3. The molecule has 2 aromatic carbocycles. The second kappa shape index (κ2) is 12.4. The van der Waals surface area contributed by atoms with Crippen molar-refractivity contribution < 1.29 is 29.0 Å². The van der Waals surface area contributed by atoms with Gasteiger partial charge in [-0.25, -0.2) is 4.79 Å². The Labute approximate surface area is 232 Å². The lowest BCUT2D eigenvalue weighted by molar-refractivity contribution is -0.122. The van der Waals surface area contributed by atoms with Gasteiger partial charge < -0.3 is 19.1 Å². The van der Waals surface area contributed by atoms with E-state index in [1.165, 1.54) is 43.0 Å². The van der Waals surface area contributed by atoms with Gasteiger partial charge in [0.15, 0.2) is 11.6 Å². The van der Waals surface area contributed by atoms with E-state index in [2.05, 4.69) is 0 Å². The van der Waals surface area contributed by atoms with Gasteiger partial charge in [-0.15, -0.1) is 0 Å². The molecule has 1 aromatic heterocycles. The molecule has 0 unspecified atom stereocenters. The number of ether oxygens (including phenoxy) is 2. The normalized spacial score (nSPS) is 12.2. The largest absolute Gasteiger partial charge is 0.495 e. The van der Waals surface area contributed by atoms with Gasteiger partial charge in [-0.3, -0.25) is 14.4 Å². The number of Topliss-reactive ketones (excluding diaryl/α,β-unsaturated/α-hetero) is 2. The molecule has 9 heteroatoms. The van der Waals surface area contributed by atoms with Crippen molar-refractivity contribution in [2.45, 2.75) is 52.2 Å². The van der Waals surface area contributed by atoms with Crippen LogP contribution in [-0.4, -0.2) is 46.5 Å². The minimum absolute atomic E-state index is 0.0145. The Bertz CT molecular complexity index is 1440. The average molecular weight is 554 g/mol. The molecule has 0 saturated heterocycles. The molecular weight excluding hydrogens is 522 g/mol. The number of ketones is 2. The third kappa shape index (κ3) is 7.65. The first-order valence-corrected chi connectivity index (χ1v) is 12.8.